The van der Waals surface area contributed by atoms with E-state index in [2.05, 4.69) is 0 Å². The van der Waals surface area contributed by atoms with Crippen LogP contribution in [0.3, 0.4) is 0 Å². The Bertz CT molecular complexity index is 732. The highest BCUT2D eigenvalue weighted by Gasteiger charge is 2.21. The van der Waals surface area contributed by atoms with Gasteiger partial charge in [-0.1, -0.05) is 0 Å². The van der Waals surface area contributed by atoms with Crippen LogP contribution in [0.15, 0.2) is 41.4 Å². The van der Waals surface area contributed by atoms with Crippen LogP contribution in [-0.2, 0) is 16.4 Å². The normalized spacial score (nSPS) is 18.8. The molecule has 3 N–H and O–H groups in total. The fourth-order valence-corrected chi connectivity index (χ4v) is 3.22. The molecule has 0 saturated carbocycles. The van der Waals surface area contributed by atoms with Gasteiger partial charge in [0.2, 0.25) is 10.0 Å². The number of aliphatic hydroxyl groups excluding tert-OH is 1. The Balaban J connectivity index is 2.02. The van der Waals surface area contributed by atoms with E-state index in [9.17, 15) is 13.5 Å². The van der Waals surface area contributed by atoms with Crippen molar-refractivity contribution in [3.05, 3.63) is 47.8 Å². The number of nitrogens with zero attached hydrogens (tertiary/aromatic N) is 1. The summed E-state index contributed by atoms with van der Waals surface area (Å²) in [6, 6.07) is 8.36. The molecule has 0 bridgehead atoms. The van der Waals surface area contributed by atoms with E-state index in [0.717, 1.165) is 36.2 Å². The molecule has 1 atom stereocenters. The number of primary sulfonamides is 1. The van der Waals surface area contributed by atoms with Crippen molar-refractivity contribution in [1.82, 2.24) is 4.57 Å². The first-order chi connectivity index (χ1) is 9.47. The van der Waals surface area contributed by atoms with Crippen LogP contribution in [0, 0.1) is 0 Å². The molecule has 0 radical (unpaired) electrons. The van der Waals surface area contributed by atoms with Crippen LogP contribution in [0.2, 0.25) is 0 Å². The van der Waals surface area contributed by atoms with Gasteiger partial charge < -0.3 is 9.67 Å². The van der Waals surface area contributed by atoms with Crippen LogP contribution >= 0.6 is 0 Å². The van der Waals surface area contributed by atoms with Crippen molar-refractivity contribution in [1.29, 1.82) is 0 Å². The van der Waals surface area contributed by atoms with Crippen molar-refractivity contribution in [3.8, 4) is 5.69 Å². The summed E-state index contributed by atoms with van der Waals surface area (Å²) in [4.78, 5) is 0.0994. The molecule has 3 rings (SSSR count). The Morgan fingerprint density at radius 3 is 2.55 bits per heavy atom. The van der Waals surface area contributed by atoms with Gasteiger partial charge in [0.1, 0.15) is 0 Å². The Labute approximate surface area is 117 Å². The zero-order valence-corrected chi connectivity index (χ0v) is 11.7. The lowest BCUT2D eigenvalue weighted by Crippen LogP contribution is -2.13. The first-order valence-electron chi connectivity index (χ1n) is 6.48. The molecule has 1 heterocycles. The monoisotopic (exact) mass is 292 g/mol. The minimum absolute atomic E-state index is 0.0994. The zero-order chi connectivity index (χ0) is 14.3. The fraction of sp³-hybridized carbons (Fsp3) is 0.286. The van der Waals surface area contributed by atoms with E-state index >= 15 is 0 Å². The van der Waals surface area contributed by atoms with E-state index in [-0.39, 0.29) is 4.90 Å². The Morgan fingerprint density at radius 2 is 1.90 bits per heavy atom. The molecule has 6 heteroatoms. The minimum atomic E-state index is -3.66. The Kier molecular flexibility index (Phi) is 3.16. The van der Waals surface area contributed by atoms with E-state index < -0.39 is 16.1 Å². The summed E-state index contributed by atoms with van der Waals surface area (Å²) in [5.74, 6) is 0. The summed E-state index contributed by atoms with van der Waals surface area (Å²) >= 11 is 0. The second kappa shape index (κ2) is 4.73. The van der Waals surface area contributed by atoms with E-state index in [0.29, 0.717) is 0 Å². The molecule has 0 fully saturated rings. The van der Waals surface area contributed by atoms with E-state index in [1.54, 1.807) is 12.1 Å². The third kappa shape index (κ3) is 2.26. The predicted molar refractivity (Wildman–Crippen MR) is 75.0 cm³/mol. The number of nitrogens with two attached hydrogens (primary N) is 1. The second-order valence-corrected chi connectivity index (χ2v) is 6.60. The van der Waals surface area contributed by atoms with Crippen molar-refractivity contribution in [3.63, 3.8) is 0 Å². The van der Waals surface area contributed by atoms with Gasteiger partial charge in [-0.15, -0.1) is 0 Å². The molecule has 1 aromatic carbocycles. The van der Waals surface area contributed by atoms with Gasteiger partial charge >= 0.3 is 0 Å². The molecule has 1 unspecified atom stereocenters. The van der Waals surface area contributed by atoms with Crippen molar-refractivity contribution in [2.24, 2.45) is 5.14 Å². The van der Waals surface area contributed by atoms with Gasteiger partial charge in [0, 0.05) is 23.1 Å². The fourth-order valence-electron chi connectivity index (χ4n) is 2.70. The number of benzene rings is 1. The number of aromatic nitrogens is 1. The van der Waals surface area contributed by atoms with Gasteiger partial charge in [0.05, 0.1) is 11.0 Å². The highest BCUT2D eigenvalue weighted by atomic mass is 32.2. The minimum Gasteiger partial charge on any atom is -0.388 e. The molecule has 0 amide bonds. The van der Waals surface area contributed by atoms with Crippen molar-refractivity contribution in [2.45, 2.75) is 30.3 Å². The molecule has 1 aliphatic rings. The summed E-state index contributed by atoms with van der Waals surface area (Å²) < 4.78 is 24.5. The maximum absolute atomic E-state index is 11.2. The number of aliphatic hydroxyl groups is 1. The van der Waals surface area contributed by atoms with Crippen LogP contribution in [0.1, 0.15) is 30.2 Å². The second-order valence-electron chi connectivity index (χ2n) is 5.03. The largest absolute Gasteiger partial charge is 0.388 e. The Hall–Kier alpha value is -1.63. The van der Waals surface area contributed by atoms with Crippen LogP contribution in [0.5, 0.6) is 0 Å². The maximum atomic E-state index is 11.2. The average Bonchev–Trinajstić information content (AvgIpc) is 2.83. The van der Waals surface area contributed by atoms with E-state index in [1.807, 2.05) is 16.8 Å². The molecule has 2 aromatic rings. The number of fused-ring (bicyclic) bond motifs is 1. The van der Waals surface area contributed by atoms with Gasteiger partial charge in [-0.2, -0.15) is 0 Å². The SMILES string of the molecule is NS(=O)(=O)c1ccc(-n2ccc3c2CCCC3O)cc1. The van der Waals surface area contributed by atoms with E-state index in [1.165, 1.54) is 12.1 Å². The average molecular weight is 292 g/mol. The van der Waals surface area contributed by atoms with Crippen LogP contribution in [-0.4, -0.2) is 18.1 Å². The van der Waals surface area contributed by atoms with Crippen LogP contribution in [0.25, 0.3) is 5.69 Å². The smallest absolute Gasteiger partial charge is 0.238 e. The highest BCUT2D eigenvalue weighted by Crippen LogP contribution is 2.32. The lowest BCUT2D eigenvalue weighted by molar-refractivity contribution is 0.156. The third-order valence-corrected chi connectivity index (χ3v) is 4.65. The van der Waals surface area contributed by atoms with Gasteiger partial charge in [-0.25, -0.2) is 13.6 Å². The molecule has 1 aliphatic carbocycles. The summed E-state index contributed by atoms with van der Waals surface area (Å²) in [6.07, 6.45) is 4.17. The highest BCUT2D eigenvalue weighted by molar-refractivity contribution is 7.89. The number of hydrogen-bond donors (Lipinski definition) is 2. The summed E-state index contributed by atoms with van der Waals surface area (Å²) in [5, 5.41) is 15.1. The van der Waals surface area contributed by atoms with Gasteiger partial charge in [-0.05, 0) is 49.6 Å². The first-order valence-corrected chi connectivity index (χ1v) is 8.03. The summed E-state index contributed by atoms with van der Waals surface area (Å²) in [7, 11) is -3.66. The van der Waals surface area contributed by atoms with Gasteiger partial charge in [0.15, 0.2) is 0 Å². The summed E-state index contributed by atoms with van der Waals surface area (Å²) in [6.45, 7) is 0. The number of sulfonamides is 1. The van der Waals surface area contributed by atoms with Crippen LogP contribution in [0.4, 0.5) is 0 Å². The van der Waals surface area contributed by atoms with Crippen molar-refractivity contribution >= 4 is 10.0 Å². The lowest BCUT2D eigenvalue weighted by Gasteiger charge is -2.20. The summed E-state index contributed by atoms with van der Waals surface area (Å²) in [5.41, 5.74) is 2.92. The van der Waals surface area contributed by atoms with Crippen LogP contribution < -0.4 is 5.14 Å². The molecule has 0 spiro atoms. The third-order valence-electron chi connectivity index (χ3n) is 3.72. The molecule has 0 aliphatic heterocycles. The molecule has 5 nitrogen and oxygen atoms in total. The molecule has 20 heavy (non-hydrogen) atoms. The standard InChI is InChI=1S/C14H16N2O3S/c15-20(18,19)11-6-4-10(5-7-11)16-9-8-12-13(16)2-1-3-14(12)17/h4-9,14,17H,1-3H2,(H2,15,18,19). The molecule has 1 aromatic heterocycles. The molecule has 0 saturated heterocycles. The Morgan fingerprint density at radius 1 is 1.20 bits per heavy atom. The zero-order valence-electron chi connectivity index (χ0n) is 10.9. The molecule has 106 valence electrons. The first kappa shape index (κ1) is 13.4. The number of hydrogen-bond acceptors (Lipinski definition) is 3. The topological polar surface area (TPSA) is 85.3 Å². The predicted octanol–water partition coefficient (Wildman–Crippen LogP) is 1.49. The van der Waals surface area contributed by atoms with Crippen molar-refractivity contribution < 1.29 is 13.5 Å². The quantitative estimate of drug-likeness (QED) is 0.879. The number of rotatable bonds is 2. The maximum Gasteiger partial charge on any atom is 0.238 e. The van der Waals surface area contributed by atoms with Gasteiger partial charge in [-0.3, -0.25) is 0 Å². The molecular formula is C14H16N2O3S. The van der Waals surface area contributed by atoms with Gasteiger partial charge in [0.25, 0.3) is 0 Å². The van der Waals surface area contributed by atoms with E-state index in [4.69, 9.17) is 5.14 Å². The lowest BCUT2D eigenvalue weighted by atomic mass is 9.95. The molecular weight excluding hydrogens is 276 g/mol. The van der Waals surface area contributed by atoms with Crippen molar-refractivity contribution in [2.75, 3.05) is 0 Å².